The third-order valence-electron chi connectivity index (χ3n) is 2.36. The topological polar surface area (TPSA) is 93.5 Å². The second kappa shape index (κ2) is 5.96. The number of nitriles is 1. The van der Waals surface area contributed by atoms with E-state index in [1.54, 1.807) is 7.05 Å². The SMILES string of the molecule is CN(CCC#N)C(=O)CN1CC(=O)NC(=O)C1. The van der Waals surface area contributed by atoms with Crippen LogP contribution in [0.25, 0.3) is 0 Å². The molecule has 0 aromatic heterocycles. The molecule has 0 spiro atoms. The zero-order chi connectivity index (χ0) is 12.8. The third-order valence-corrected chi connectivity index (χ3v) is 2.36. The van der Waals surface area contributed by atoms with Crippen molar-refractivity contribution in [3.8, 4) is 6.07 Å². The first-order valence-electron chi connectivity index (χ1n) is 5.19. The zero-order valence-corrected chi connectivity index (χ0v) is 9.60. The molecule has 1 saturated heterocycles. The Balaban J connectivity index is 2.42. The maximum absolute atomic E-state index is 11.7. The van der Waals surface area contributed by atoms with Crippen LogP contribution < -0.4 is 5.32 Å². The minimum absolute atomic E-state index is 0.0150. The van der Waals surface area contributed by atoms with Crippen molar-refractivity contribution in [3.05, 3.63) is 0 Å². The van der Waals surface area contributed by atoms with Gasteiger partial charge in [0.2, 0.25) is 17.7 Å². The van der Waals surface area contributed by atoms with Crippen LogP contribution in [0.2, 0.25) is 0 Å². The molecule has 0 aliphatic carbocycles. The average Bonchev–Trinajstić information content (AvgIpc) is 2.24. The minimum atomic E-state index is -0.395. The zero-order valence-electron chi connectivity index (χ0n) is 9.60. The molecule has 1 aliphatic heterocycles. The van der Waals surface area contributed by atoms with Crippen LogP contribution >= 0.6 is 0 Å². The molecule has 0 aromatic carbocycles. The number of carbonyl (C=O) groups excluding carboxylic acids is 3. The highest BCUT2D eigenvalue weighted by molar-refractivity contribution is 5.99. The van der Waals surface area contributed by atoms with Gasteiger partial charge >= 0.3 is 0 Å². The Kier molecular flexibility index (Phi) is 4.60. The van der Waals surface area contributed by atoms with Crippen molar-refractivity contribution in [2.24, 2.45) is 0 Å². The molecular weight excluding hydrogens is 224 g/mol. The molecule has 1 rings (SSSR count). The standard InChI is InChI=1S/C10H14N4O3/c1-13(4-2-3-11)10(17)7-14-5-8(15)12-9(16)6-14/h2,4-7H2,1H3,(H,12,15,16). The van der Waals surface area contributed by atoms with Gasteiger partial charge in [-0.3, -0.25) is 24.6 Å². The second-order valence-electron chi connectivity index (χ2n) is 3.84. The van der Waals surface area contributed by atoms with Crippen LogP contribution in [0.15, 0.2) is 0 Å². The van der Waals surface area contributed by atoms with E-state index in [1.165, 1.54) is 9.80 Å². The highest BCUT2D eigenvalue weighted by Gasteiger charge is 2.24. The lowest BCUT2D eigenvalue weighted by Crippen LogP contribution is -2.53. The lowest BCUT2D eigenvalue weighted by atomic mass is 10.3. The predicted octanol–water partition coefficient (Wildman–Crippen LogP) is -1.68. The van der Waals surface area contributed by atoms with Gasteiger partial charge in [0, 0.05) is 13.6 Å². The van der Waals surface area contributed by atoms with Crippen molar-refractivity contribution < 1.29 is 14.4 Å². The van der Waals surface area contributed by atoms with Crippen LogP contribution in [0.5, 0.6) is 0 Å². The van der Waals surface area contributed by atoms with Crippen molar-refractivity contribution in [2.45, 2.75) is 6.42 Å². The fraction of sp³-hybridized carbons (Fsp3) is 0.600. The van der Waals surface area contributed by atoms with E-state index >= 15 is 0 Å². The smallest absolute Gasteiger partial charge is 0.240 e. The number of piperazine rings is 1. The van der Waals surface area contributed by atoms with Crippen molar-refractivity contribution in [3.63, 3.8) is 0 Å². The van der Waals surface area contributed by atoms with Crippen molar-refractivity contribution >= 4 is 17.7 Å². The van der Waals surface area contributed by atoms with Crippen LogP contribution in [0, 0.1) is 11.3 Å². The Labute approximate surface area is 99.0 Å². The van der Waals surface area contributed by atoms with E-state index < -0.39 is 11.8 Å². The molecule has 0 aromatic rings. The number of rotatable bonds is 4. The maximum atomic E-state index is 11.7. The van der Waals surface area contributed by atoms with E-state index in [-0.39, 0.29) is 32.0 Å². The average molecular weight is 238 g/mol. The van der Waals surface area contributed by atoms with Crippen molar-refractivity contribution in [1.29, 1.82) is 5.26 Å². The molecule has 7 nitrogen and oxygen atoms in total. The summed E-state index contributed by atoms with van der Waals surface area (Å²) in [5, 5.41) is 10.6. The normalized spacial score (nSPS) is 16.2. The summed E-state index contributed by atoms with van der Waals surface area (Å²) in [5.41, 5.74) is 0. The lowest BCUT2D eigenvalue weighted by Gasteiger charge is -2.26. The summed E-state index contributed by atoms with van der Waals surface area (Å²) in [6.45, 7) is 0.456. The van der Waals surface area contributed by atoms with Gasteiger partial charge in [0.05, 0.1) is 32.1 Å². The van der Waals surface area contributed by atoms with Gasteiger partial charge in [0.25, 0.3) is 0 Å². The molecular formula is C10H14N4O3. The van der Waals surface area contributed by atoms with E-state index in [2.05, 4.69) is 5.32 Å². The first kappa shape index (κ1) is 13.1. The lowest BCUT2D eigenvalue weighted by molar-refractivity contribution is -0.138. The Morgan fingerprint density at radius 2 is 2.06 bits per heavy atom. The van der Waals surface area contributed by atoms with Crippen molar-refractivity contribution in [1.82, 2.24) is 15.1 Å². The number of carbonyl (C=O) groups is 3. The van der Waals surface area contributed by atoms with Crippen LogP contribution in [0.1, 0.15) is 6.42 Å². The van der Waals surface area contributed by atoms with Crippen LogP contribution in [-0.2, 0) is 14.4 Å². The molecule has 0 atom stereocenters. The van der Waals surface area contributed by atoms with Gasteiger partial charge < -0.3 is 4.90 Å². The fourth-order valence-electron chi connectivity index (χ4n) is 1.46. The highest BCUT2D eigenvalue weighted by Crippen LogP contribution is 1.97. The van der Waals surface area contributed by atoms with Gasteiger partial charge in [-0.25, -0.2) is 0 Å². The van der Waals surface area contributed by atoms with Gasteiger partial charge in [-0.05, 0) is 0 Å². The Bertz CT molecular complexity index is 358. The van der Waals surface area contributed by atoms with Crippen molar-refractivity contribution in [2.75, 3.05) is 33.2 Å². The summed E-state index contributed by atoms with van der Waals surface area (Å²) in [6, 6.07) is 1.95. The Morgan fingerprint density at radius 3 is 2.59 bits per heavy atom. The number of nitrogens with one attached hydrogen (secondary N) is 1. The molecule has 0 unspecified atom stereocenters. The highest BCUT2D eigenvalue weighted by atomic mass is 16.2. The van der Waals surface area contributed by atoms with Crippen LogP contribution in [0.3, 0.4) is 0 Å². The minimum Gasteiger partial charge on any atom is -0.344 e. The monoisotopic (exact) mass is 238 g/mol. The molecule has 0 saturated carbocycles. The van der Waals surface area contributed by atoms with Gasteiger partial charge in [-0.2, -0.15) is 5.26 Å². The number of likely N-dealkylation sites (N-methyl/N-ethyl adjacent to an activating group) is 1. The van der Waals surface area contributed by atoms with E-state index in [0.717, 1.165) is 0 Å². The molecule has 7 heteroatoms. The maximum Gasteiger partial charge on any atom is 0.240 e. The molecule has 3 amide bonds. The van der Waals surface area contributed by atoms with Gasteiger partial charge in [0.1, 0.15) is 0 Å². The van der Waals surface area contributed by atoms with Gasteiger partial charge in [0.15, 0.2) is 0 Å². The van der Waals surface area contributed by atoms with E-state index in [4.69, 9.17) is 5.26 Å². The summed E-state index contributed by atoms with van der Waals surface area (Å²) in [7, 11) is 1.59. The first-order chi connectivity index (χ1) is 8.02. The predicted molar refractivity (Wildman–Crippen MR) is 57.5 cm³/mol. The largest absolute Gasteiger partial charge is 0.344 e. The number of imide groups is 1. The molecule has 1 aliphatic rings. The first-order valence-corrected chi connectivity index (χ1v) is 5.19. The molecule has 1 fully saturated rings. The number of nitrogens with zero attached hydrogens (tertiary/aromatic N) is 3. The summed E-state index contributed by atoms with van der Waals surface area (Å²) in [5.74, 6) is -0.995. The fourth-order valence-corrected chi connectivity index (χ4v) is 1.46. The van der Waals surface area contributed by atoms with Crippen LogP contribution in [0.4, 0.5) is 0 Å². The van der Waals surface area contributed by atoms with E-state index in [0.29, 0.717) is 6.54 Å². The molecule has 17 heavy (non-hydrogen) atoms. The van der Waals surface area contributed by atoms with Gasteiger partial charge in [-0.15, -0.1) is 0 Å². The summed E-state index contributed by atoms with van der Waals surface area (Å²) < 4.78 is 0. The Morgan fingerprint density at radius 1 is 1.47 bits per heavy atom. The Hall–Kier alpha value is -1.94. The molecule has 1 N–H and O–H groups in total. The molecule has 1 heterocycles. The molecule has 92 valence electrons. The molecule has 0 radical (unpaired) electrons. The van der Waals surface area contributed by atoms with Crippen LogP contribution in [-0.4, -0.2) is 60.7 Å². The number of amides is 3. The number of hydrogen-bond acceptors (Lipinski definition) is 5. The summed E-state index contributed by atoms with van der Waals surface area (Å²) >= 11 is 0. The number of hydrogen-bond donors (Lipinski definition) is 1. The quantitative estimate of drug-likeness (QED) is 0.590. The van der Waals surface area contributed by atoms with E-state index in [1.807, 2.05) is 6.07 Å². The van der Waals surface area contributed by atoms with E-state index in [9.17, 15) is 14.4 Å². The summed E-state index contributed by atoms with van der Waals surface area (Å²) in [6.07, 6.45) is 0.266. The molecule has 0 bridgehead atoms. The second-order valence-corrected chi connectivity index (χ2v) is 3.84. The van der Waals surface area contributed by atoms with Gasteiger partial charge in [-0.1, -0.05) is 0 Å². The summed E-state index contributed by atoms with van der Waals surface area (Å²) in [4.78, 5) is 36.7. The third kappa shape index (κ3) is 4.20.